The average Bonchev–Trinajstić information content (AvgIpc) is 3.44. The number of fused-ring (bicyclic) bond motifs is 1. The molecule has 13 heteroatoms. The Labute approximate surface area is 281 Å². The molecule has 1 aliphatic rings. The predicted molar refractivity (Wildman–Crippen MR) is 180 cm³/mol. The van der Waals surface area contributed by atoms with E-state index in [1.165, 1.54) is 55.8 Å². The maximum atomic E-state index is 17.2. The van der Waals surface area contributed by atoms with E-state index in [0.29, 0.717) is 17.0 Å². The summed E-state index contributed by atoms with van der Waals surface area (Å²) in [7, 11) is -2.60. The van der Waals surface area contributed by atoms with Crippen LogP contribution in [0.5, 0.6) is 0 Å². The number of carbonyl (C=O) groups excluding carboxylic acids is 2. The normalized spacial score (nSPS) is 17.5. The molecule has 49 heavy (non-hydrogen) atoms. The molecule has 0 atom stereocenters. The number of halogens is 3. The summed E-state index contributed by atoms with van der Waals surface area (Å²) in [6, 6.07) is 12.7. The monoisotopic (exact) mass is 690 g/mol. The van der Waals surface area contributed by atoms with Crippen LogP contribution in [0.2, 0.25) is 0 Å². The molecule has 9 nitrogen and oxygen atoms in total. The molecule has 0 bridgehead atoms. The Bertz CT molecular complexity index is 2200. The van der Waals surface area contributed by atoms with Crippen LogP contribution in [-0.2, 0) is 15.4 Å². The molecule has 1 amide bonds. The van der Waals surface area contributed by atoms with Crippen LogP contribution in [0.25, 0.3) is 33.4 Å². The topological polar surface area (TPSA) is 122 Å². The Morgan fingerprint density at radius 3 is 2.29 bits per heavy atom. The molecule has 2 heterocycles. The maximum absolute atomic E-state index is 17.2. The lowest BCUT2D eigenvalue weighted by molar-refractivity contribution is 0.0651. The van der Waals surface area contributed by atoms with Gasteiger partial charge in [-0.3, -0.25) is 13.9 Å². The molecule has 0 aliphatic heterocycles. The van der Waals surface area contributed by atoms with Crippen molar-refractivity contribution < 1.29 is 35.6 Å². The van der Waals surface area contributed by atoms with E-state index in [4.69, 9.17) is 4.42 Å². The van der Waals surface area contributed by atoms with E-state index in [2.05, 4.69) is 15.3 Å². The van der Waals surface area contributed by atoms with Gasteiger partial charge in [0.05, 0.1) is 22.9 Å². The average molecular weight is 691 g/mol. The second kappa shape index (κ2) is 12.8. The number of amides is 1. The zero-order valence-corrected chi connectivity index (χ0v) is 28.0. The molecule has 5 aromatic rings. The van der Waals surface area contributed by atoms with Crippen LogP contribution in [0.15, 0.2) is 71.4 Å². The number of ketones is 1. The van der Waals surface area contributed by atoms with Crippen molar-refractivity contribution in [3.8, 4) is 22.5 Å². The molecule has 1 aliphatic carbocycles. The number of Topliss-reactive ketones (excluding diaryl/α,β-unsaturated/α-hetero) is 1. The summed E-state index contributed by atoms with van der Waals surface area (Å²) in [5.74, 6) is -2.19. The second-order valence-electron chi connectivity index (χ2n) is 12.3. The van der Waals surface area contributed by atoms with Crippen molar-refractivity contribution in [2.75, 3.05) is 24.2 Å². The first-order valence-corrected chi connectivity index (χ1v) is 17.4. The van der Waals surface area contributed by atoms with Gasteiger partial charge in [-0.2, -0.15) is 0 Å². The molecule has 6 rings (SSSR count). The van der Waals surface area contributed by atoms with Gasteiger partial charge >= 0.3 is 0 Å². The molecule has 0 spiro atoms. The standard InChI is InChI=1S/C36H33F3N4O5S/c1-5-43(49(4,46)47)26-16-28-30(31(34(45)40-3)33(48-28)21-9-11-23(37)12-10-21)32(39)29(26)22-8-7-20(2)25(15-22)27(44)19-36(17-24(38)18-36)35-41-13-6-14-42-35/h6-16,24H,5,17-19H2,1-4H3,(H,40,45). The van der Waals surface area contributed by atoms with E-state index in [-0.39, 0.29) is 76.3 Å². The van der Waals surface area contributed by atoms with E-state index < -0.39 is 39.2 Å². The summed E-state index contributed by atoms with van der Waals surface area (Å²) >= 11 is 0. The summed E-state index contributed by atoms with van der Waals surface area (Å²) in [5, 5.41) is 2.27. The van der Waals surface area contributed by atoms with Gasteiger partial charge in [0.15, 0.2) is 5.78 Å². The fraction of sp³-hybridized carbons (Fsp3) is 0.278. The third-order valence-corrected chi connectivity index (χ3v) is 10.3. The molecular formula is C36H33F3N4O5S. The molecule has 1 saturated carbocycles. The minimum atomic E-state index is -3.97. The van der Waals surface area contributed by atoms with Crippen molar-refractivity contribution in [3.05, 3.63) is 101 Å². The molecule has 3 aromatic carbocycles. The van der Waals surface area contributed by atoms with Crippen LogP contribution in [-0.4, -0.2) is 56.1 Å². The fourth-order valence-electron chi connectivity index (χ4n) is 6.65. The predicted octanol–water partition coefficient (Wildman–Crippen LogP) is 6.93. The maximum Gasteiger partial charge on any atom is 0.255 e. The summed E-state index contributed by atoms with van der Waals surface area (Å²) in [4.78, 5) is 35.8. The minimum absolute atomic E-state index is 0.0429. The zero-order valence-electron chi connectivity index (χ0n) is 27.2. The van der Waals surface area contributed by atoms with Crippen molar-refractivity contribution in [3.63, 3.8) is 0 Å². The first-order chi connectivity index (χ1) is 23.3. The molecular weight excluding hydrogens is 657 g/mol. The minimum Gasteiger partial charge on any atom is -0.455 e. The Hall–Kier alpha value is -5.04. The van der Waals surface area contributed by atoms with Gasteiger partial charge in [0.2, 0.25) is 10.0 Å². The summed E-state index contributed by atoms with van der Waals surface area (Å²) in [5.41, 5.74) is -0.186. The number of rotatable bonds is 10. The van der Waals surface area contributed by atoms with Gasteiger partial charge in [-0.15, -0.1) is 0 Å². The largest absolute Gasteiger partial charge is 0.455 e. The number of aryl methyl sites for hydroxylation is 1. The van der Waals surface area contributed by atoms with E-state index in [0.717, 1.165) is 10.6 Å². The SMILES string of the molecule is CCN(c1cc2oc(-c3ccc(F)cc3)c(C(=O)NC)c2c(F)c1-c1ccc(C)c(C(=O)CC2(c3ncccn3)CC(F)C2)c1)S(C)(=O)=O. The fourth-order valence-corrected chi connectivity index (χ4v) is 7.62. The number of anilines is 1. The summed E-state index contributed by atoms with van der Waals surface area (Å²) in [6.07, 6.45) is 3.02. The zero-order chi connectivity index (χ0) is 35.2. The van der Waals surface area contributed by atoms with Crippen LogP contribution in [0.3, 0.4) is 0 Å². The number of nitrogens with one attached hydrogen (secondary N) is 1. The smallest absolute Gasteiger partial charge is 0.255 e. The number of nitrogens with zero attached hydrogens (tertiary/aromatic N) is 3. The summed E-state index contributed by atoms with van der Waals surface area (Å²) < 4.78 is 78.4. The lowest BCUT2D eigenvalue weighted by Crippen LogP contribution is -2.45. The number of sulfonamides is 1. The van der Waals surface area contributed by atoms with Crippen LogP contribution >= 0.6 is 0 Å². The van der Waals surface area contributed by atoms with Gasteiger partial charge in [0, 0.05) is 60.6 Å². The number of benzene rings is 3. The Balaban J connectivity index is 1.57. The van der Waals surface area contributed by atoms with Crippen molar-refractivity contribution >= 4 is 38.4 Å². The highest BCUT2D eigenvalue weighted by atomic mass is 32.2. The van der Waals surface area contributed by atoms with Crippen molar-refractivity contribution in [2.24, 2.45) is 0 Å². The van der Waals surface area contributed by atoms with Gasteiger partial charge in [-0.05, 0) is 74.2 Å². The molecule has 1 N–H and O–H groups in total. The van der Waals surface area contributed by atoms with Gasteiger partial charge < -0.3 is 9.73 Å². The van der Waals surface area contributed by atoms with E-state index >= 15 is 4.39 Å². The first kappa shape index (κ1) is 33.8. The molecule has 0 unspecified atom stereocenters. The highest BCUT2D eigenvalue weighted by Gasteiger charge is 2.49. The number of hydrogen-bond donors (Lipinski definition) is 1. The molecule has 0 saturated heterocycles. The molecule has 254 valence electrons. The quantitative estimate of drug-likeness (QED) is 0.158. The highest BCUT2D eigenvalue weighted by Crippen LogP contribution is 2.48. The third kappa shape index (κ3) is 6.07. The van der Waals surface area contributed by atoms with E-state index in [9.17, 15) is 26.8 Å². The number of alkyl halides is 1. The number of furan rings is 1. The second-order valence-corrected chi connectivity index (χ2v) is 14.2. The van der Waals surface area contributed by atoms with Gasteiger partial charge in [-0.1, -0.05) is 12.1 Å². The van der Waals surface area contributed by atoms with Gasteiger partial charge in [0.25, 0.3) is 5.91 Å². The lowest BCUT2D eigenvalue weighted by Gasteiger charge is -2.42. The number of carbonyl (C=O) groups is 2. The molecule has 2 aromatic heterocycles. The Kier molecular flexibility index (Phi) is 8.82. The Morgan fingerprint density at radius 1 is 1.04 bits per heavy atom. The number of hydrogen-bond acceptors (Lipinski definition) is 7. The van der Waals surface area contributed by atoms with Crippen molar-refractivity contribution in [1.29, 1.82) is 0 Å². The summed E-state index contributed by atoms with van der Waals surface area (Å²) in [6.45, 7) is 3.22. The van der Waals surface area contributed by atoms with E-state index in [1.54, 1.807) is 32.0 Å². The highest BCUT2D eigenvalue weighted by molar-refractivity contribution is 7.92. The van der Waals surface area contributed by atoms with Crippen molar-refractivity contribution in [2.45, 2.75) is 44.7 Å². The lowest BCUT2D eigenvalue weighted by atomic mass is 9.63. The van der Waals surface area contributed by atoms with E-state index in [1.807, 2.05) is 0 Å². The van der Waals surface area contributed by atoms with Gasteiger partial charge in [0.1, 0.15) is 35.0 Å². The Morgan fingerprint density at radius 2 is 1.69 bits per heavy atom. The third-order valence-electron chi connectivity index (χ3n) is 9.01. The number of aromatic nitrogens is 2. The van der Waals surface area contributed by atoms with Crippen LogP contribution in [0.4, 0.5) is 18.9 Å². The molecule has 1 fully saturated rings. The van der Waals surface area contributed by atoms with Crippen molar-refractivity contribution in [1.82, 2.24) is 15.3 Å². The van der Waals surface area contributed by atoms with Crippen LogP contribution < -0.4 is 9.62 Å². The first-order valence-electron chi connectivity index (χ1n) is 15.6. The van der Waals surface area contributed by atoms with Crippen LogP contribution in [0.1, 0.15) is 58.3 Å². The van der Waals surface area contributed by atoms with Crippen LogP contribution in [0, 0.1) is 18.6 Å². The molecule has 0 radical (unpaired) electrons. The van der Waals surface area contributed by atoms with Gasteiger partial charge in [-0.25, -0.2) is 31.6 Å².